The van der Waals surface area contributed by atoms with Gasteiger partial charge in [-0.3, -0.25) is 14.4 Å². The van der Waals surface area contributed by atoms with Crippen LogP contribution in [-0.2, 0) is 14.4 Å². The van der Waals surface area contributed by atoms with Crippen LogP contribution in [0, 0.1) is 5.92 Å². The molecule has 0 bridgehead atoms. The molecule has 1 fully saturated rings. The average molecular weight is 365 g/mol. The van der Waals surface area contributed by atoms with Gasteiger partial charge in [0.2, 0.25) is 17.7 Å². The molecule has 0 radical (unpaired) electrons. The first-order chi connectivity index (χ1) is 12.0. The predicted molar refractivity (Wildman–Crippen MR) is 97.4 cm³/mol. The summed E-state index contributed by atoms with van der Waals surface area (Å²) < 4.78 is 5.18. The van der Waals surface area contributed by atoms with Crippen LogP contribution in [0.1, 0.15) is 12.8 Å². The minimum atomic E-state index is -0.297. The molecule has 1 aliphatic heterocycles. The van der Waals surface area contributed by atoms with Gasteiger partial charge in [-0.05, 0) is 25.0 Å². The summed E-state index contributed by atoms with van der Waals surface area (Å²) >= 11 is 1.27. The normalized spacial score (nSPS) is 14.8. The number of rotatable bonds is 7. The number of para-hydroxylation sites is 2. The molecule has 0 spiro atoms. The zero-order valence-electron chi connectivity index (χ0n) is 14.2. The van der Waals surface area contributed by atoms with E-state index in [4.69, 9.17) is 10.5 Å². The molecule has 0 aromatic heterocycles. The molecule has 3 amide bonds. The molecule has 3 N–H and O–H groups in total. The van der Waals surface area contributed by atoms with E-state index in [0.29, 0.717) is 37.4 Å². The number of hydrogen-bond acceptors (Lipinski definition) is 5. The van der Waals surface area contributed by atoms with Crippen LogP contribution < -0.4 is 15.8 Å². The summed E-state index contributed by atoms with van der Waals surface area (Å²) in [5.41, 5.74) is 5.89. The van der Waals surface area contributed by atoms with Crippen LogP contribution in [0.2, 0.25) is 0 Å². The van der Waals surface area contributed by atoms with Crippen LogP contribution in [-0.4, -0.2) is 54.3 Å². The summed E-state index contributed by atoms with van der Waals surface area (Å²) in [6.45, 7) is 1.08. The number of thioether (sulfide) groups is 1. The van der Waals surface area contributed by atoms with Gasteiger partial charge in [0.1, 0.15) is 5.75 Å². The van der Waals surface area contributed by atoms with Gasteiger partial charge in [-0.2, -0.15) is 0 Å². The van der Waals surface area contributed by atoms with Crippen molar-refractivity contribution < 1.29 is 19.1 Å². The van der Waals surface area contributed by atoms with Crippen LogP contribution in [0.15, 0.2) is 24.3 Å². The van der Waals surface area contributed by atoms with Gasteiger partial charge in [0.15, 0.2) is 0 Å². The summed E-state index contributed by atoms with van der Waals surface area (Å²) in [6.07, 6.45) is 1.22. The molecular formula is C17H23N3O4S. The molecule has 1 aliphatic rings. The second-order valence-electron chi connectivity index (χ2n) is 5.80. The number of carbonyl (C=O) groups is 3. The van der Waals surface area contributed by atoms with Crippen molar-refractivity contribution in [2.45, 2.75) is 12.8 Å². The maximum absolute atomic E-state index is 12.2. The van der Waals surface area contributed by atoms with Crippen molar-refractivity contribution in [3.63, 3.8) is 0 Å². The molecule has 1 heterocycles. The zero-order valence-corrected chi connectivity index (χ0v) is 15.0. The lowest BCUT2D eigenvalue weighted by Gasteiger charge is -2.30. The zero-order chi connectivity index (χ0) is 18.2. The highest BCUT2D eigenvalue weighted by Crippen LogP contribution is 2.23. The van der Waals surface area contributed by atoms with E-state index in [9.17, 15) is 14.4 Å². The van der Waals surface area contributed by atoms with Gasteiger partial charge in [-0.15, -0.1) is 11.8 Å². The Morgan fingerprint density at radius 1 is 1.24 bits per heavy atom. The van der Waals surface area contributed by atoms with E-state index < -0.39 is 0 Å². The third-order valence-electron chi connectivity index (χ3n) is 4.09. The van der Waals surface area contributed by atoms with Gasteiger partial charge in [0.05, 0.1) is 24.3 Å². The second-order valence-corrected chi connectivity index (χ2v) is 6.78. The molecule has 0 saturated carbocycles. The van der Waals surface area contributed by atoms with Gasteiger partial charge in [-0.1, -0.05) is 12.1 Å². The van der Waals surface area contributed by atoms with Crippen LogP contribution >= 0.6 is 11.8 Å². The number of methoxy groups -OCH3 is 1. The Kier molecular flexibility index (Phi) is 7.12. The molecule has 25 heavy (non-hydrogen) atoms. The molecule has 0 atom stereocenters. The fraction of sp³-hybridized carbons (Fsp3) is 0.471. The van der Waals surface area contributed by atoms with Gasteiger partial charge in [-0.25, -0.2) is 0 Å². The first-order valence-corrected chi connectivity index (χ1v) is 9.24. The monoisotopic (exact) mass is 365 g/mol. The van der Waals surface area contributed by atoms with E-state index in [1.54, 1.807) is 24.1 Å². The number of nitrogens with one attached hydrogen (secondary N) is 1. The summed E-state index contributed by atoms with van der Waals surface area (Å²) in [5, 5.41) is 2.77. The summed E-state index contributed by atoms with van der Waals surface area (Å²) in [7, 11) is 1.54. The number of nitrogens with zero attached hydrogens (tertiary/aromatic N) is 1. The fourth-order valence-corrected chi connectivity index (χ4v) is 3.39. The van der Waals surface area contributed by atoms with Crippen LogP contribution in [0.3, 0.4) is 0 Å². The molecule has 2 rings (SSSR count). The number of carbonyl (C=O) groups excluding carboxylic acids is 3. The lowest BCUT2D eigenvalue weighted by atomic mass is 9.96. The minimum Gasteiger partial charge on any atom is -0.495 e. The van der Waals surface area contributed by atoms with Gasteiger partial charge >= 0.3 is 0 Å². The Bertz CT molecular complexity index is 630. The summed E-state index contributed by atoms with van der Waals surface area (Å²) in [6, 6.07) is 7.16. The fourth-order valence-electron chi connectivity index (χ4n) is 2.67. The molecular weight excluding hydrogens is 342 g/mol. The number of benzene rings is 1. The Hall–Kier alpha value is -2.22. The number of hydrogen-bond donors (Lipinski definition) is 2. The van der Waals surface area contributed by atoms with Crippen LogP contribution in [0.25, 0.3) is 0 Å². The van der Waals surface area contributed by atoms with Gasteiger partial charge in [0.25, 0.3) is 0 Å². The van der Waals surface area contributed by atoms with Crippen molar-refractivity contribution in [3.05, 3.63) is 24.3 Å². The number of primary amides is 1. The van der Waals surface area contributed by atoms with Gasteiger partial charge < -0.3 is 20.7 Å². The Morgan fingerprint density at radius 3 is 2.56 bits per heavy atom. The maximum Gasteiger partial charge on any atom is 0.234 e. The number of amides is 3. The van der Waals surface area contributed by atoms with E-state index >= 15 is 0 Å². The number of ether oxygens (including phenoxy) is 1. The Morgan fingerprint density at radius 2 is 1.92 bits per heavy atom. The number of nitrogens with two attached hydrogens (primary N) is 1. The topological polar surface area (TPSA) is 102 Å². The Labute approximate surface area is 151 Å². The van der Waals surface area contributed by atoms with Crippen LogP contribution in [0.4, 0.5) is 5.69 Å². The molecule has 8 heteroatoms. The van der Waals surface area contributed by atoms with E-state index in [2.05, 4.69) is 5.32 Å². The smallest absolute Gasteiger partial charge is 0.234 e. The third kappa shape index (κ3) is 5.67. The predicted octanol–water partition coefficient (Wildman–Crippen LogP) is 1.09. The molecule has 1 saturated heterocycles. The highest BCUT2D eigenvalue weighted by atomic mass is 32.2. The third-order valence-corrected chi connectivity index (χ3v) is 5.01. The molecule has 136 valence electrons. The highest BCUT2D eigenvalue weighted by Gasteiger charge is 2.25. The summed E-state index contributed by atoms with van der Waals surface area (Å²) in [5.74, 6) is 0.377. The lowest BCUT2D eigenvalue weighted by Crippen LogP contribution is -2.42. The van der Waals surface area contributed by atoms with E-state index in [1.165, 1.54) is 11.8 Å². The van der Waals surface area contributed by atoms with Crippen molar-refractivity contribution >= 4 is 35.2 Å². The molecule has 0 unspecified atom stereocenters. The SMILES string of the molecule is COc1ccccc1NC(=O)CSCC(=O)N1CCC(C(N)=O)CC1. The molecule has 1 aromatic carbocycles. The number of likely N-dealkylation sites (tertiary alicyclic amines) is 1. The van der Waals surface area contributed by atoms with Crippen molar-refractivity contribution in [2.75, 3.05) is 37.0 Å². The standard InChI is InChI=1S/C17H23N3O4S/c1-24-14-5-3-2-4-13(14)19-15(21)10-25-11-16(22)20-8-6-12(7-9-20)17(18)23/h2-5,12H,6-11H2,1H3,(H2,18,23)(H,19,21). The molecule has 0 aliphatic carbocycles. The first kappa shape index (κ1) is 19.1. The van der Waals surface area contributed by atoms with Crippen molar-refractivity contribution in [3.8, 4) is 5.75 Å². The van der Waals surface area contributed by atoms with Gasteiger partial charge in [0, 0.05) is 19.0 Å². The average Bonchev–Trinajstić information content (AvgIpc) is 2.62. The molecule has 7 nitrogen and oxygen atoms in total. The maximum atomic E-state index is 12.2. The van der Waals surface area contributed by atoms with Crippen molar-refractivity contribution in [1.29, 1.82) is 0 Å². The van der Waals surface area contributed by atoms with E-state index in [-0.39, 0.29) is 35.1 Å². The second kappa shape index (κ2) is 9.31. The van der Waals surface area contributed by atoms with Crippen molar-refractivity contribution in [1.82, 2.24) is 4.90 Å². The summed E-state index contributed by atoms with van der Waals surface area (Å²) in [4.78, 5) is 37.0. The Balaban J connectivity index is 1.70. The number of piperidine rings is 1. The highest BCUT2D eigenvalue weighted by molar-refractivity contribution is 8.00. The minimum absolute atomic E-state index is 0.0157. The van der Waals surface area contributed by atoms with Crippen molar-refractivity contribution in [2.24, 2.45) is 11.7 Å². The van der Waals surface area contributed by atoms with E-state index in [0.717, 1.165) is 0 Å². The van der Waals surface area contributed by atoms with E-state index in [1.807, 2.05) is 12.1 Å². The number of anilines is 1. The largest absolute Gasteiger partial charge is 0.495 e. The lowest BCUT2D eigenvalue weighted by molar-refractivity contribution is -0.132. The van der Waals surface area contributed by atoms with Crippen LogP contribution in [0.5, 0.6) is 5.75 Å². The molecule has 1 aromatic rings. The first-order valence-electron chi connectivity index (χ1n) is 8.09. The quantitative estimate of drug-likeness (QED) is 0.753.